The van der Waals surface area contributed by atoms with Crippen molar-refractivity contribution in [3.8, 4) is 5.75 Å². The van der Waals surface area contributed by atoms with Gasteiger partial charge in [-0.3, -0.25) is 13.9 Å². The zero-order valence-electron chi connectivity index (χ0n) is 23.8. The van der Waals surface area contributed by atoms with Gasteiger partial charge >= 0.3 is 0 Å². The summed E-state index contributed by atoms with van der Waals surface area (Å²) in [4.78, 5) is 28.9. The van der Waals surface area contributed by atoms with Gasteiger partial charge in [-0.05, 0) is 75.6 Å². The summed E-state index contributed by atoms with van der Waals surface area (Å²) in [7, 11) is -2.58. The molecular formula is C31H39N3O5S. The van der Waals surface area contributed by atoms with E-state index in [9.17, 15) is 18.0 Å². The predicted molar refractivity (Wildman–Crippen MR) is 158 cm³/mol. The van der Waals surface area contributed by atoms with E-state index in [4.69, 9.17) is 4.74 Å². The second-order valence-corrected chi connectivity index (χ2v) is 12.4. The zero-order chi connectivity index (χ0) is 29.3. The summed E-state index contributed by atoms with van der Waals surface area (Å²) < 4.78 is 34.0. The van der Waals surface area contributed by atoms with Crippen LogP contribution in [0.2, 0.25) is 0 Å². The van der Waals surface area contributed by atoms with Crippen molar-refractivity contribution >= 4 is 27.5 Å². The summed E-state index contributed by atoms with van der Waals surface area (Å²) in [6, 6.07) is 23.4. The Labute approximate surface area is 238 Å². The number of amides is 2. The lowest BCUT2D eigenvalue weighted by molar-refractivity contribution is -0.140. The monoisotopic (exact) mass is 565 g/mol. The first-order valence-electron chi connectivity index (χ1n) is 13.3. The lowest BCUT2D eigenvalue weighted by Gasteiger charge is -2.34. The van der Waals surface area contributed by atoms with Gasteiger partial charge in [0.2, 0.25) is 11.8 Å². The van der Waals surface area contributed by atoms with Gasteiger partial charge in [0.1, 0.15) is 18.3 Å². The van der Waals surface area contributed by atoms with Gasteiger partial charge in [0.05, 0.1) is 17.7 Å². The van der Waals surface area contributed by atoms with Crippen LogP contribution in [0.1, 0.15) is 39.7 Å². The molecule has 0 aromatic heterocycles. The third-order valence-electron chi connectivity index (χ3n) is 6.34. The molecule has 0 bridgehead atoms. The lowest BCUT2D eigenvalue weighted by Crippen LogP contribution is -2.56. The van der Waals surface area contributed by atoms with E-state index in [1.165, 1.54) is 24.1 Å². The predicted octanol–water partition coefficient (Wildman–Crippen LogP) is 4.66. The van der Waals surface area contributed by atoms with Gasteiger partial charge in [-0.15, -0.1) is 0 Å². The molecule has 3 rings (SSSR count). The van der Waals surface area contributed by atoms with Gasteiger partial charge in [0.15, 0.2) is 0 Å². The van der Waals surface area contributed by atoms with Crippen LogP contribution in [0.3, 0.4) is 0 Å². The number of benzene rings is 3. The first-order chi connectivity index (χ1) is 19.0. The van der Waals surface area contributed by atoms with Crippen molar-refractivity contribution < 1.29 is 22.7 Å². The maximum atomic E-state index is 14.0. The van der Waals surface area contributed by atoms with Gasteiger partial charge in [0, 0.05) is 12.1 Å². The summed E-state index contributed by atoms with van der Waals surface area (Å²) in [5.41, 5.74) is 0.827. The van der Waals surface area contributed by atoms with E-state index in [2.05, 4.69) is 5.32 Å². The van der Waals surface area contributed by atoms with Crippen LogP contribution in [0.4, 0.5) is 5.69 Å². The van der Waals surface area contributed by atoms with E-state index in [0.717, 1.165) is 9.87 Å². The fourth-order valence-electron chi connectivity index (χ4n) is 4.35. The molecule has 0 saturated heterocycles. The van der Waals surface area contributed by atoms with E-state index < -0.39 is 34.1 Å². The van der Waals surface area contributed by atoms with Crippen LogP contribution in [0, 0.1) is 0 Å². The van der Waals surface area contributed by atoms with Crippen molar-refractivity contribution in [2.75, 3.05) is 24.5 Å². The summed E-state index contributed by atoms with van der Waals surface area (Å²) in [5.74, 6) is -0.193. The van der Waals surface area contributed by atoms with Gasteiger partial charge in [-0.25, -0.2) is 8.42 Å². The third-order valence-corrected chi connectivity index (χ3v) is 8.13. The highest BCUT2D eigenvalue weighted by atomic mass is 32.2. The Morgan fingerprint density at radius 3 is 2.00 bits per heavy atom. The lowest BCUT2D eigenvalue weighted by atomic mass is 10.1. The number of sulfonamides is 1. The van der Waals surface area contributed by atoms with E-state index >= 15 is 0 Å². The topological polar surface area (TPSA) is 96.0 Å². The number of carbonyl (C=O) groups is 2. The SMILES string of the molecule is CCC(C(=O)NC(C)(C)C)N(CCc1ccccc1)C(=O)CN(c1ccc(OC)cc1)S(=O)(=O)c1ccccc1. The van der Waals surface area contributed by atoms with E-state index in [0.29, 0.717) is 24.3 Å². The zero-order valence-corrected chi connectivity index (χ0v) is 24.6. The first-order valence-corrected chi connectivity index (χ1v) is 14.8. The molecule has 8 nitrogen and oxygen atoms in total. The van der Waals surface area contributed by atoms with Crippen molar-refractivity contribution in [3.63, 3.8) is 0 Å². The fraction of sp³-hybridized carbons (Fsp3) is 0.355. The second-order valence-electron chi connectivity index (χ2n) is 10.5. The molecule has 0 radical (unpaired) electrons. The Balaban J connectivity index is 2.01. The molecule has 0 fully saturated rings. The fourth-order valence-corrected chi connectivity index (χ4v) is 5.78. The smallest absolute Gasteiger partial charge is 0.264 e. The Hall–Kier alpha value is -3.85. The second kappa shape index (κ2) is 13.5. The van der Waals surface area contributed by atoms with Crippen LogP contribution in [-0.2, 0) is 26.0 Å². The number of carbonyl (C=O) groups excluding carboxylic acids is 2. The van der Waals surface area contributed by atoms with Crippen molar-refractivity contribution in [1.29, 1.82) is 0 Å². The molecule has 3 aromatic carbocycles. The molecule has 9 heteroatoms. The molecule has 2 amide bonds. The van der Waals surface area contributed by atoms with Crippen LogP contribution in [0.15, 0.2) is 89.8 Å². The largest absolute Gasteiger partial charge is 0.497 e. The average molecular weight is 566 g/mol. The summed E-state index contributed by atoms with van der Waals surface area (Å²) in [5, 5.41) is 2.98. The van der Waals surface area contributed by atoms with Crippen molar-refractivity contribution in [1.82, 2.24) is 10.2 Å². The minimum absolute atomic E-state index is 0.0620. The molecule has 0 saturated carbocycles. The highest BCUT2D eigenvalue weighted by molar-refractivity contribution is 7.92. The molecule has 1 N–H and O–H groups in total. The maximum absolute atomic E-state index is 14.0. The number of methoxy groups -OCH3 is 1. The van der Waals surface area contributed by atoms with Gasteiger partial charge in [0.25, 0.3) is 10.0 Å². The number of hydrogen-bond acceptors (Lipinski definition) is 5. The molecule has 1 unspecified atom stereocenters. The van der Waals surface area contributed by atoms with E-state index in [1.807, 2.05) is 58.0 Å². The maximum Gasteiger partial charge on any atom is 0.264 e. The number of nitrogens with zero attached hydrogens (tertiary/aromatic N) is 2. The van der Waals surface area contributed by atoms with Gasteiger partial charge in [-0.2, -0.15) is 0 Å². The average Bonchev–Trinajstić information content (AvgIpc) is 2.93. The Morgan fingerprint density at radius 2 is 1.48 bits per heavy atom. The number of nitrogens with one attached hydrogen (secondary N) is 1. The standard InChI is InChI=1S/C31H39N3O5S/c1-6-28(30(36)32-31(2,3)4)33(22-21-24-13-9-7-10-14-24)29(35)23-34(25-17-19-26(39-5)20-18-25)40(37,38)27-15-11-8-12-16-27/h7-20,28H,6,21-23H2,1-5H3,(H,32,36). The summed E-state index contributed by atoms with van der Waals surface area (Å²) in [6.45, 7) is 7.26. The van der Waals surface area contributed by atoms with Crippen LogP contribution < -0.4 is 14.4 Å². The van der Waals surface area contributed by atoms with Crippen molar-refractivity contribution in [2.45, 2.75) is 57.0 Å². The normalized spacial score (nSPS) is 12.3. The molecule has 0 aliphatic rings. The van der Waals surface area contributed by atoms with Crippen LogP contribution in [0.25, 0.3) is 0 Å². The molecule has 3 aromatic rings. The number of rotatable bonds is 12. The highest BCUT2D eigenvalue weighted by Crippen LogP contribution is 2.26. The summed E-state index contributed by atoms with van der Waals surface area (Å²) >= 11 is 0. The molecule has 40 heavy (non-hydrogen) atoms. The van der Waals surface area contributed by atoms with Gasteiger partial charge < -0.3 is 15.0 Å². The van der Waals surface area contributed by atoms with Crippen LogP contribution >= 0.6 is 0 Å². The number of ether oxygens (including phenoxy) is 1. The minimum atomic E-state index is -4.11. The molecule has 214 valence electrons. The van der Waals surface area contributed by atoms with E-state index in [-0.39, 0.29) is 17.3 Å². The Morgan fingerprint density at radius 1 is 0.900 bits per heavy atom. The molecule has 1 atom stereocenters. The minimum Gasteiger partial charge on any atom is -0.497 e. The molecule has 0 spiro atoms. The van der Waals surface area contributed by atoms with Gasteiger partial charge in [-0.1, -0.05) is 55.5 Å². The van der Waals surface area contributed by atoms with Crippen LogP contribution in [-0.4, -0.2) is 56.9 Å². The Kier molecular flexibility index (Phi) is 10.3. The Bertz CT molecular complexity index is 1360. The first kappa shape index (κ1) is 30.7. The quantitative estimate of drug-likeness (QED) is 0.345. The molecule has 0 heterocycles. The highest BCUT2D eigenvalue weighted by Gasteiger charge is 2.34. The molecule has 0 aliphatic carbocycles. The third kappa shape index (κ3) is 8.08. The number of anilines is 1. The van der Waals surface area contributed by atoms with Crippen molar-refractivity contribution in [2.24, 2.45) is 0 Å². The molecular weight excluding hydrogens is 526 g/mol. The van der Waals surface area contributed by atoms with Crippen LogP contribution in [0.5, 0.6) is 5.75 Å². The summed E-state index contributed by atoms with van der Waals surface area (Å²) in [6.07, 6.45) is 0.885. The number of hydrogen-bond donors (Lipinski definition) is 1. The van der Waals surface area contributed by atoms with Crippen molar-refractivity contribution in [3.05, 3.63) is 90.5 Å². The van der Waals surface area contributed by atoms with E-state index in [1.54, 1.807) is 42.5 Å². The molecule has 0 aliphatic heterocycles.